The van der Waals surface area contributed by atoms with E-state index >= 15 is 0 Å². The van der Waals surface area contributed by atoms with Crippen molar-refractivity contribution in [1.29, 1.82) is 0 Å². The monoisotopic (exact) mass is 338 g/mol. The second-order valence-electron chi connectivity index (χ2n) is 6.40. The molecular formula is C17H18N6O2. The van der Waals surface area contributed by atoms with Crippen LogP contribution < -0.4 is 0 Å². The fourth-order valence-corrected chi connectivity index (χ4v) is 2.91. The predicted octanol–water partition coefficient (Wildman–Crippen LogP) is 1.77. The molecule has 0 radical (unpaired) electrons. The Morgan fingerprint density at radius 1 is 1.36 bits per heavy atom. The molecule has 0 unspecified atom stereocenters. The van der Waals surface area contributed by atoms with Crippen molar-refractivity contribution in [1.82, 2.24) is 29.8 Å². The summed E-state index contributed by atoms with van der Waals surface area (Å²) in [6.45, 7) is 0.890. The van der Waals surface area contributed by atoms with Crippen molar-refractivity contribution in [3.8, 4) is 11.4 Å². The Bertz CT molecular complexity index is 854. The molecule has 0 bridgehead atoms. The maximum atomic E-state index is 12.8. The Balaban J connectivity index is 1.43. The fourth-order valence-electron chi connectivity index (χ4n) is 2.91. The first-order chi connectivity index (χ1) is 12.2. The molecule has 3 aromatic rings. The summed E-state index contributed by atoms with van der Waals surface area (Å²) in [5.41, 5.74) is 0.427. The lowest BCUT2D eigenvalue weighted by atomic mass is 10.1. The lowest BCUT2D eigenvalue weighted by Crippen LogP contribution is -2.36. The molecule has 1 fully saturated rings. The molecule has 0 N–H and O–H groups in total. The summed E-state index contributed by atoms with van der Waals surface area (Å²) < 4.78 is 7.09. The topological polar surface area (TPSA) is 89.9 Å². The number of amides is 1. The van der Waals surface area contributed by atoms with Gasteiger partial charge in [0.25, 0.3) is 0 Å². The number of rotatable bonds is 6. The Hall–Kier alpha value is -3.03. The highest BCUT2D eigenvalue weighted by atomic mass is 16.5. The second-order valence-corrected chi connectivity index (χ2v) is 6.40. The smallest absolute Gasteiger partial charge is 0.246 e. The van der Waals surface area contributed by atoms with Crippen LogP contribution in [0.5, 0.6) is 0 Å². The molecule has 8 heteroatoms. The van der Waals surface area contributed by atoms with E-state index in [2.05, 4.69) is 20.2 Å². The maximum absolute atomic E-state index is 12.8. The zero-order chi connectivity index (χ0) is 17.3. The van der Waals surface area contributed by atoms with E-state index in [1.54, 1.807) is 30.5 Å². The van der Waals surface area contributed by atoms with Crippen LogP contribution in [0.15, 0.2) is 47.5 Å². The molecule has 25 heavy (non-hydrogen) atoms. The Kier molecular flexibility index (Phi) is 3.79. The number of aromatic nitrogens is 5. The highest BCUT2D eigenvalue weighted by Gasteiger charge is 2.51. The van der Waals surface area contributed by atoms with Gasteiger partial charge < -0.3 is 9.42 Å². The van der Waals surface area contributed by atoms with Gasteiger partial charge in [-0.1, -0.05) is 5.16 Å². The molecular weight excluding hydrogens is 320 g/mol. The molecule has 1 aliphatic carbocycles. The summed E-state index contributed by atoms with van der Waals surface area (Å²) >= 11 is 0. The van der Waals surface area contributed by atoms with Crippen LogP contribution in [0.25, 0.3) is 11.4 Å². The molecule has 0 saturated heterocycles. The van der Waals surface area contributed by atoms with Crippen molar-refractivity contribution >= 4 is 5.91 Å². The highest BCUT2D eigenvalue weighted by Crippen LogP contribution is 2.48. The quantitative estimate of drug-likeness (QED) is 0.680. The van der Waals surface area contributed by atoms with Gasteiger partial charge in [0.1, 0.15) is 0 Å². The minimum atomic E-state index is -0.354. The molecule has 0 spiro atoms. The minimum absolute atomic E-state index is 0.0872. The molecule has 128 valence electrons. The summed E-state index contributed by atoms with van der Waals surface area (Å²) in [4.78, 5) is 22.9. The summed E-state index contributed by atoms with van der Waals surface area (Å²) in [7, 11) is 1.76. The first-order valence-electron chi connectivity index (χ1n) is 8.12. The van der Waals surface area contributed by atoms with Gasteiger partial charge in [0.15, 0.2) is 0 Å². The van der Waals surface area contributed by atoms with E-state index < -0.39 is 0 Å². The maximum Gasteiger partial charge on any atom is 0.246 e. The molecule has 8 nitrogen and oxygen atoms in total. The van der Waals surface area contributed by atoms with Gasteiger partial charge in [-0.15, -0.1) is 0 Å². The van der Waals surface area contributed by atoms with Crippen molar-refractivity contribution in [3.63, 3.8) is 0 Å². The molecule has 0 aliphatic heterocycles. The van der Waals surface area contributed by atoms with E-state index in [4.69, 9.17) is 4.52 Å². The SMILES string of the molecule is CN(Cc1nc(-c2cccnc2)no1)C(=O)C1(Cn2cccn2)CC1. The van der Waals surface area contributed by atoms with Crippen LogP contribution >= 0.6 is 0 Å². The van der Waals surface area contributed by atoms with Crippen LogP contribution in [0, 0.1) is 5.41 Å². The molecule has 1 aliphatic rings. The second kappa shape index (κ2) is 6.12. The molecule has 3 heterocycles. The van der Waals surface area contributed by atoms with Gasteiger partial charge in [0, 0.05) is 37.4 Å². The largest absolute Gasteiger partial charge is 0.337 e. The van der Waals surface area contributed by atoms with Gasteiger partial charge in [0.05, 0.1) is 18.5 Å². The van der Waals surface area contributed by atoms with E-state index in [1.165, 1.54) is 0 Å². The zero-order valence-corrected chi connectivity index (χ0v) is 13.9. The number of hydrogen-bond acceptors (Lipinski definition) is 6. The van der Waals surface area contributed by atoms with Gasteiger partial charge in [-0.2, -0.15) is 10.1 Å². The molecule has 0 aromatic carbocycles. The van der Waals surface area contributed by atoms with Crippen LogP contribution in [-0.2, 0) is 17.9 Å². The third-order valence-corrected chi connectivity index (χ3v) is 4.44. The van der Waals surface area contributed by atoms with Gasteiger partial charge in [-0.05, 0) is 31.0 Å². The lowest BCUT2D eigenvalue weighted by Gasteiger charge is -2.22. The molecule has 1 amide bonds. The minimum Gasteiger partial charge on any atom is -0.337 e. The summed E-state index contributed by atoms with van der Waals surface area (Å²) in [5, 5.41) is 8.16. The predicted molar refractivity (Wildman–Crippen MR) is 87.9 cm³/mol. The van der Waals surface area contributed by atoms with Crippen molar-refractivity contribution in [2.45, 2.75) is 25.9 Å². The van der Waals surface area contributed by atoms with E-state index in [0.29, 0.717) is 18.3 Å². The van der Waals surface area contributed by atoms with Crippen molar-refractivity contribution in [2.24, 2.45) is 5.41 Å². The normalized spacial score (nSPS) is 15.1. The first-order valence-corrected chi connectivity index (χ1v) is 8.12. The van der Waals surface area contributed by atoms with Gasteiger partial charge in [-0.3, -0.25) is 14.5 Å². The van der Waals surface area contributed by atoms with E-state index in [0.717, 1.165) is 18.4 Å². The first kappa shape index (κ1) is 15.5. The molecule has 4 rings (SSSR count). The van der Waals surface area contributed by atoms with Crippen molar-refractivity contribution in [2.75, 3.05) is 7.05 Å². The standard InChI is InChI=1S/C17H18N6O2/c1-22(16(24)17(5-6-17)12-23-9-3-8-19-23)11-14-20-15(21-25-14)13-4-2-7-18-10-13/h2-4,7-10H,5-6,11-12H2,1H3. The van der Waals surface area contributed by atoms with Crippen LogP contribution in [0.2, 0.25) is 0 Å². The number of hydrogen-bond donors (Lipinski definition) is 0. The summed E-state index contributed by atoms with van der Waals surface area (Å²) in [5.74, 6) is 0.968. The van der Waals surface area contributed by atoms with Crippen LogP contribution in [0.4, 0.5) is 0 Å². The molecule has 0 atom stereocenters. The van der Waals surface area contributed by atoms with E-state index in [9.17, 15) is 4.79 Å². The Labute approximate surface area is 144 Å². The average molecular weight is 338 g/mol. The number of nitrogens with zero attached hydrogens (tertiary/aromatic N) is 6. The van der Waals surface area contributed by atoms with E-state index in [1.807, 2.05) is 29.1 Å². The van der Waals surface area contributed by atoms with Crippen LogP contribution in [-0.4, -0.2) is 42.8 Å². The summed E-state index contributed by atoms with van der Waals surface area (Å²) in [6.07, 6.45) is 8.72. The zero-order valence-electron chi connectivity index (χ0n) is 13.9. The van der Waals surface area contributed by atoms with Crippen molar-refractivity contribution in [3.05, 3.63) is 48.9 Å². The Morgan fingerprint density at radius 3 is 2.92 bits per heavy atom. The van der Waals surface area contributed by atoms with Gasteiger partial charge in [-0.25, -0.2) is 0 Å². The third kappa shape index (κ3) is 3.15. The molecule has 3 aromatic heterocycles. The van der Waals surface area contributed by atoms with Crippen molar-refractivity contribution < 1.29 is 9.32 Å². The number of carbonyl (C=O) groups is 1. The lowest BCUT2D eigenvalue weighted by molar-refractivity contribution is -0.137. The third-order valence-electron chi connectivity index (χ3n) is 4.44. The highest BCUT2D eigenvalue weighted by molar-refractivity contribution is 5.85. The fraction of sp³-hybridized carbons (Fsp3) is 0.353. The number of carbonyl (C=O) groups excluding carboxylic acids is 1. The average Bonchev–Trinajstić information content (AvgIpc) is 3.02. The van der Waals surface area contributed by atoms with E-state index in [-0.39, 0.29) is 17.9 Å². The Morgan fingerprint density at radius 2 is 2.24 bits per heavy atom. The summed E-state index contributed by atoms with van der Waals surface area (Å²) in [6, 6.07) is 5.54. The van der Waals surface area contributed by atoms with Gasteiger partial charge in [0.2, 0.25) is 17.6 Å². The van der Waals surface area contributed by atoms with Crippen LogP contribution in [0.1, 0.15) is 18.7 Å². The van der Waals surface area contributed by atoms with Crippen LogP contribution in [0.3, 0.4) is 0 Å². The molecule has 1 saturated carbocycles. The van der Waals surface area contributed by atoms with Gasteiger partial charge >= 0.3 is 0 Å². The number of pyridine rings is 1.